The van der Waals surface area contributed by atoms with Crippen LogP contribution in [0.15, 0.2) is 121 Å². The van der Waals surface area contributed by atoms with Crippen LogP contribution in [0.4, 0.5) is 37.7 Å². The number of nitrogens with zero attached hydrogens (tertiary/aromatic N) is 1. The number of hydrazine groups is 1. The van der Waals surface area contributed by atoms with Gasteiger partial charge in [0.15, 0.2) is 0 Å². The predicted molar refractivity (Wildman–Crippen MR) is 149 cm³/mol. The van der Waals surface area contributed by atoms with E-state index in [2.05, 4.69) is 18.5 Å². The third-order valence-electron chi connectivity index (χ3n) is 6.45. The molecule has 3 aromatic rings. The molecule has 3 aromatic carbocycles. The number of hydrogen-bond acceptors (Lipinski definition) is 5. The maximum atomic E-state index is 13.1. The van der Waals surface area contributed by atoms with Crippen LogP contribution in [0.3, 0.4) is 0 Å². The van der Waals surface area contributed by atoms with Crippen LogP contribution in [0.1, 0.15) is 22.3 Å². The molecule has 212 valence electrons. The molecule has 0 saturated carbocycles. The number of allylic oxidation sites excluding steroid dienone is 2. The standard InChI is InChI=1S/C30H25F6N5/c1-3-21-22(4-2)27(40-19-13-9-17(10-14-19)29(31,32)33)25(37)23-7-5-6-8-24(23)28(26(21)38)41(39)20-15-11-18(12-16-20)30(34,35)36/h3-16,40H,1-2,37-39H2/b22-21-,25-23?,26-21?,27-22?,27-25-,28-24?,28-26-. The van der Waals surface area contributed by atoms with Gasteiger partial charge in [-0.25, -0.2) is 5.84 Å². The van der Waals surface area contributed by atoms with E-state index in [1.165, 1.54) is 36.4 Å². The van der Waals surface area contributed by atoms with Gasteiger partial charge in [-0.3, -0.25) is 5.01 Å². The Balaban J connectivity index is 1.91. The maximum absolute atomic E-state index is 13.1. The lowest BCUT2D eigenvalue weighted by atomic mass is 9.89. The molecule has 0 bridgehead atoms. The number of benzene rings is 3. The highest BCUT2D eigenvalue weighted by Gasteiger charge is 2.32. The highest BCUT2D eigenvalue weighted by molar-refractivity contribution is 5.92. The van der Waals surface area contributed by atoms with Crippen molar-refractivity contribution in [2.24, 2.45) is 17.3 Å². The first-order valence-electron chi connectivity index (χ1n) is 12.0. The summed E-state index contributed by atoms with van der Waals surface area (Å²) in [5.41, 5.74) is 14.6. The van der Waals surface area contributed by atoms with Gasteiger partial charge in [0.25, 0.3) is 0 Å². The molecular weight excluding hydrogens is 544 g/mol. The molecule has 0 fully saturated rings. The molecule has 0 atom stereocenters. The van der Waals surface area contributed by atoms with Crippen LogP contribution < -0.4 is 27.6 Å². The van der Waals surface area contributed by atoms with Gasteiger partial charge in [0.2, 0.25) is 0 Å². The molecule has 0 spiro atoms. The van der Waals surface area contributed by atoms with E-state index in [4.69, 9.17) is 17.3 Å². The van der Waals surface area contributed by atoms with Crippen molar-refractivity contribution in [3.8, 4) is 0 Å². The fourth-order valence-corrected chi connectivity index (χ4v) is 4.41. The molecule has 0 aromatic heterocycles. The minimum Gasteiger partial charge on any atom is -0.397 e. The van der Waals surface area contributed by atoms with Crippen LogP contribution in [0, 0.1) is 0 Å². The van der Waals surface area contributed by atoms with Gasteiger partial charge in [-0.15, -0.1) is 0 Å². The summed E-state index contributed by atoms with van der Waals surface area (Å²) < 4.78 is 78.7. The van der Waals surface area contributed by atoms with E-state index in [-0.39, 0.29) is 22.8 Å². The number of fused-ring (bicyclic) bond motifs is 1. The van der Waals surface area contributed by atoms with Crippen LogP contribution >= 0.6 is 0 Å². The summed E-state index contributed by atoms with van der Waals surface area (Å²) in [7, 11) is 0. The van der Waals surface area contributed by atoms with Crippen molar-refractivity contribution in [2.45, 2.75) is 12.4 Å². The van der Waals surface area contributed by atoms with Gasteiger partial charge in [0.05, 0.1) is 39.6 Å². The van der Waals surface area contributed by atoms with Gasteiger partial charge < -0.3 is 16.8 Å². The first-order chi connectivity index (χ1) is 19.3. The van der Waals surface area contributed by atoms with Crippen molar-refractivity contribution in [3.63, 3.8) is 0 Å². The van der Waals surface area contributed by atoms with E-state index >= 15 is 0 Å². The predicted octanol–water partition coefficient (Wildman–Crippen LogP) is 7.15. The zero-order valence-electron chi connectivity index (χ0n) is 21.4. The van der Waals surface area contributed by atoms with Crippen LogP contribution in [-0.4, -0.2) is 0 Å². The van der Waals surface area contributed by atoms with E-state index in [1.54, 1.807) is 24.3 Å². The van der Waals surface area contributed by atoms with Crippen molar-refractivity contribution in [1.29, 1.82) is 0 Å². The molecule has 1 aliphatic rings. The second-order valence-electron chi connectivity index (χ2n) is 8.95. The van der Waals surface area contributed by atoms with Crippen molar-refractivity contribution in [1.82, 2.24) is 0 Å². The minimum absolute atomic E-state index is 0.101. The maximum Gasteiger partial charge on any atom is 0.416 e. The Labute approximate surface area is 232 Å². The average Bonchev–Trinajstić information content (AvgIpc) is 2.93. The fraction of sp³-hybridized carbons (Fsp3) is 0.0667. The molecule has 1 aliphatic carbocycles. The van der Waals surface area contributed by atoms with Crippen molar-refractivity contribution in [2.75, 3.05) is 10.3 Å². The number of hydrogen-bond donors (Lipinski definition) is 4. The SMILES string of the molecule is C=CC1=C(C=C)/C(Nc2ccc(C(F)(F)F)cc2)=C(/N)c2ccccc2/C(N(N)c2ccc(C(F)(F)F)cc2)=C\1N. The molecule has 0 unspecified atom stereocenters. The number of nitrogens with two attached hydrogens (primary N) is 3. The lowest BCUT2D eigenvalue weighted by Crippen LogP contribution is -2.33. The van der Waals surface area contributed by atoms with Crippen LogP contribution in [0.2, 0.25) is 0 Å². The van der Waals surface area contributed by atoms with Gasteiger partial charge in [-0.1, -0.05) is 49.6 Å². The Hall–Kier alpha value is -4.90. The first-order valence-corrected chi connectivity index (χ1v) is 12.0. The number of anilines is 2. The summed E-state index contributed by atoms with van der Waals surface area (Å²) in [6.45, 7) is 7.72. The zero-order chi connectivity index (χ0) is 30.1. The Bertz CT molecular complexity index is 1580. The van der Waals surface area contributed by atoms with E-state index in [1.807, 2.05) is 0 Å². The summed E-state index contributed by atoms with van der Waals surface area (Å²) in [4.78, 5) is 0. The smallest absolute Gasteiger partial charge is 0.397 e. The van der Waals surface area contributed by atoms with Crippen molar-refractivity contribution in [3.05, 3.63) is 143 Å². The summed E-state index contributed by atoms with van der Waals surface area (Å²) >= 11 is 0. The topological polar surface area (TPSA) is 93.3 Å². The third-order valence-corrected chi connectivity index (χ3v) is 6.45. The molecule has 41 heavy (non-hydrogen) atoms. The molecular formula is C30H25F6N5. The largest absolute Gasteiger partial charge is 0.416 e. The second-order valence-corrected chi connectivity index (χ2v) is 8.95. The summed E-state index contributed by atoms with van der Waals surface area (Å²) in [5.74, 6) is 6.48. The molecule has 0 amide bonds. The van der Waals surface area contributed by atoms with Crippen molar-refractivity contribution >= 4 is 22.8 Å². The molecule has 0 radical (unpaired) electrons. The zero-order valence-corrected chi connectivity index (χ0v) is 21.4. The van der Waals surface area contributed by atoms with Crippen LogP contribution in [0.25, 0.3) is 11.4 Å². The fourth-order valence-electron chi connectivity index (χ4n) is 4.41. The van der Waals surface area contributed by atoms with Gasteiger partial charge in [0, 0.05) is 28.0 Å². The minimum atomic E-state index is -4.53. The Morgan fingerprint density at radius 1 is 0.659 bits per heavy atom. The molecule has 5 nitrogen and oxygen atoms in total. The van der Waals surface area contributed by atoms with Gasteiger partial charge in [0.1, 0.15) is 0 Å². The normalized spacial score (nSPS) is 19.6. The third kappa shape index (κ3) is 5.71. The highest BCUT2D eigenvalue weighted by atomic mass is 19.4. The van der Waals surface area contributed by atoms with Gasteiger partial charge >= 0.3 is 12.4 Å². The highest BCUT2D eigenvalue weighted by Crippen LogP contribution is 2.39. The van der Waals surface area contributed by atoms with E-state index in [9.17, 15) is 26.3 Å². The quantitative estimate of drug-likeness (QED) is 0.144. The molecule has 0 saturated heterocycles. The molecule has 7 N–H and O–H groups in total. The van der Waals surface area contributed by atoms with Gasteiger partial charge in [-0.2, -0.15) is 26.3 Å². The van der Waals surface area contributed by atoms with Crippen LogP contribution in [0.5, 0.6) is 0 Å². The Morgan fingerprint density at radius 3 is 1.63 bits per heavy atom. The van der Waals surface area contributed by atoms with E-state index < -0.39 is 23.5 Å². The second kappa shape index (κ2) is 10.9. The number of alkyl halides is 6. The molecule has 11 heteroatoms. The van der Waals surface area contributed by atoms with E-state index in [0.29, 0.717) is 33.7 Å². The van der Waals surface area contributed by atoms with Gasteiger partial charge in [-0.05, 0) is 48.5 Å². The number of rotatable bonds is 6. The lowest BCUT2D eigenvalue weighted by molar-refractivity contribution is -0.138. The summed E-state index contributed by atoms with van der Waals surface area (Å²) in [6, 6.07) is 15.4. The van der Waals surface area contributed by atoms with Crippen molar-refractivity contribution < 1.29 is 26.3 Å². The average molecular weight is 570 g/mol. The molecule has 0 heterocycles. The summed E-state index contributed by atoms with van der Waals surface area (Å²) in [5, 5.41) is 4.23. The monoisotopic (exact) mass is 569 g/mol. The summed E-state index contributed by atoms with van der Waals surface area (Å²) in [6.07, 6.45) is -6.15. The Morgan fingerprint density at radius 2 is 1.15 bits per heavy atom. The Kier molecular flexibility index (Phi) is 7.76. The molecule has 4 rings (SSSR count). The number of halogens is 6. The lowest BCUT2D eigenvalue weighted by Gasteiger charge is -2.30. The van der Waals surface area contributed by atoms with E-state index in [0.717, 1.165) is 29.3 Å². The number of nitrogens with one attached hydrogen (secondary N) is 1. The molecule has 0 aliphatic heterocycles. The van der Waals surface area contributed by atoms with Crippen LogP contribution in [-0.2, 0) is 12.4 Å². The first kappa shape index (κ1) is 29.1.